The third-order valence-electron chi connectivity index (χ3n) is 3.56. The number of carbonyl (C=O) groups excluding carboxylic acids is 3. The Balaban J connectivity index is 2.01. The summed E-state index contributed by atoms with van der Waals surface area (Å²) in [6.45, 7) is 3.24. The zero-order valence-corrected chi connectivity index (χ0v) is 14.8. The highest BCUT2D eigenvalue weighted by Gasteiger charge is 2.08. The van der Waals surface area contributed by atoms with E-state index in [1.54, 1.807) is 55.5 Å². The molecule has 0 atom stereocenters. The molecule has 0 fully saturated rings. The van der Waals surface area contributed by atoms with Crippen molar-refractivity contribution < 1.29 is 19.1 Å². The lowest BCUT2D eigenvalue weighted by atomic mass is 10.1. The van der Waals surface area contributed by atoms with Crippen molar-refractivity contribution in [2.75, 3.05) is 17.7 Å². The number of benzene rings is 2. The normalized spacial score (nSPS) is 10.4. The van der Waals surface area contributed by atoms with E-state index >= 15 is 0 Å². The molecule has 6 nitrogen and oxygen atoms in total. The van der Waals surface area contributed by atoms with E-state index in [0.717, 1.165) is 11.1 Å². The summed E-state index contributed by atoms with van der Waals surface area (Å²) in [4.78, 5) is 34.6. The predicted octanol–water partition coefficient (Wildman–Crippen LogP) is 3.39. The first-order valence-electron chi connectivity index (χ1n) is 7.94. The van der Waals surface area contributed by atoms with Gasteiger partial charge >= 0.3 is 5.97 Å². The smallest absolute Gasteiger partial charge is 0.337 e. The van der Waals surface area contributed by atoms with Crippen LogP contribution in [0.15, 0.2) is 48.5 Å². The monoisotopic (exact) mass is 352 g/mol. The standard InChI is InChI=1S/C20H20N2O4/c1-13-12-16(20(25)26-3)7-10-18(13)22-19(24)11-6-15-4-8-17(9-5-15)21-14(2)23/h4-12H,1-3H3,(H,21,23)(H,22,24). The van der Waals surface area contributed by atoms with Gasteiger partial charge < -0.3 is 15.4 Å². The van der Waals surface area contributed by atoms with Crippen molar-refractivity contribution in [3.8, 4) is 0 Å². The number of amides is 2. The number of hydrogen-bond donors (Lipinski definition) is 2. The van der Waals surface area contributed by atoms with Crippen LogP contribution in [-0.4, -0.2) is 24.9 Å². The molecule has 134 valence electrons. The summed E-state index contributed by atoms with van der Waals surface area (Å²) >= 11 is 0. The van der Waals surface area contributed by atoms with Crippen LogP contribution in [0.1, 0.15) is 28.4 Å². The first-order chi connectivity index (χ1) is 12.4. The lowest BCUT2D eigenvalue weighted by Crippen LogP contribution is -2.10. The van der Waals surface area contributed by atoms with E-state index in [4.69, 9.17) is 0 Å². The summed E-state index contributed by atoms with van der Waals surface area (Å²) in [6, 6.07) is 12.0. The van der Waals surface area contributed by atoms with E-state index in [-0.39, 0.29) is 11.8 Å². The van der Waals surface area contributed by atoms with E-state index in [9.17, 15) is 14.4 Å². The molecule has 0 aliphatic carbocycles. The van der Waals surface area contributed by atoms with Gasteiger partial charge in [-0.15, -0.1) is 0 Å². The van der Waals surface area contributed by atoms with Crippen molar-refractivity contribution in [3.63, 3.8) is 0 Å². The van der Waals surface area contributed by atoms with E-state index in [1.165, 1.54) is 20.1 Å². The van der Waals surface area contributed by atoms with Crippen LogP contribution >= 0.6 is 0 Å². The molecule has 6 heteroatoms. The van der Waals surface area contributed by atoms with E-state index < -0.39 is 5.97 Å². The minimum Gasteiger partial charge on any atom is -0.465 e. The molecule has 26 heavy (non-hydrogen) atoms. The number of ether oxygens (including phenoxy) is 1. The summed E-state index contributed by atoms with van der Waals surface area (Å²) < 4.78 is 4.67. The molecule has 2 aromatic rings. The van der Waals surface area contributed by atoms with Gasteiger partial charge in [0, 0.05) is 24.4 Å². The Labute approximate surface area is 151 Å². The van der Waals surface area contributed by atoms with Crippen LogP contribution in [-0.2, 0) is 14.3 Å². The number of carbonyl (C=O) groups is 3. The molecule has 0 radical (unpaired) electrons. The highest BCUT2D eigenvalue weighted by atomic mass is 16.5. The van der Waals surface area contributed by atoms with Gasteiger partial charge in [-0.1, -0.05) is 12.1 Å². The highest BCUT2D eigenvalue weighted by molar-refractivity contribution is 6.02. The van der Waals surface area contributed by atoms with Crippen molar-refractivity contribution in [1.29, 1.82) is 0 Å². The van der Waals surface area contributed by atoms with Gasteiger partial charge in [0.15, 0.2) is 0 Å². The second-order valence-corrected chi connectivity index (χ2v) is 5.65. The van der Waals surface area contributed by atoms with Crippen molar-refractivity contribution in [2.24, 2.45) is 0 Å². The second-order valence-electron chi connectivity index (χ2n) is 5.65. The zero-order chi connectivity index (χ0) is 19.1. The molecule has 0 bridgehead atoms. The summed E-state index contributed by atoms with van der Waals surface area (Å²) in [5.74, 6) is -0.848. The molecule has 0 aliphatic rings. The van der Waals surface area contributed by atoms with Gasteiger partial charge in [-0.25, -0.2) is 4.79 Å². The Bertz CT molecular complexity index is 855. The van der Waals surface area contributed by atoms with Gasteiger partial charge in [0.2, 0.25) is 11.8 Å². The average molecular weight is 352 g/mol. The maximum Gasteiger partial charge on any atom is 0.337 e. The number of esters is 1. The van der Waals surface area contributed by atoms with Crippen molar-refractivity contribution >= 4 is 35.2 Å². The molecular formula is C20H20N2O4. The topological polar surface area (TPSA) is 84.5 Å². The minimum absolute atomic E-state index is 0.138. The summed E-state index contributed by atoms with van der Waals surface area (Å²) in [7, 11) is 1.32. The van der Waals surface area contributed by atoms with Crippen LogP contribution in [0.5, 0.6) is 0 Å². The fourth-order valence-electron chi connectivity index (χ4n) is 2.28. The van der Waals surface area contributed by atoms with Crippen LogP contribution in [0.25, 0.3) is 6.08 Å². The molecular weight excluding hydrogens is 332 g/mol. The van der Waals surface area contributed by atoms with E-state index in [1.807, 2.05) is 0 Å². The van der Waals surface area contributed by atoms with Crippen molar-refractivity contribution in [2.45, 2.75) is 13.8 Å². The third-order valence-corrected chi connectivity index (χ3v) is 3.56. The van der Waals surface area contributed by atoms with E-state index in [2.05, 4.69) is 15.4 Å². The van der Waals surface area contributed by atoms with Crippen LogP contribution in [0.2, 0.25) is 0 Å². The Kier molecular flexibility index (Phi) is 6.27. The Morgan fingerprint density at radius 3 is 2.27 bits per heavy atom. The lowest BCUT2D eigenvalue weighted by Gasteiger charge is -2.08. The SMILES string of the molecule is COC(=O)c1ccc(NC(=O)C=Cc2ccc(NC(C)=O)cc2)c(C)c1. The van der Waals surface area contributed by atoms with Gasteiger partial charge in [0.25, 0.3) is 0 Å². The van der Waals surface area contributed by atoms with Gasteiger partial charge in [-0.2, -0.15) is 0 Å². The Morgan fingerprint density at radius 1 is 1.00 bits per heavy atom. The Morgan fingerprint density at radius 2 is 1.69 bits per heavy atom. The molecule has 2 aromatic carbocycles. The minimum atomic E-state index is -0.423. The molecule has 0 saturated heterocycles. The van der Waals surface area contributed by atoms with Gasteiger partial charge in [0.1, 0.15) is 0 Å². The zero-order valence-electron chi connectivity index (χ0n) is 14.8. The predicted molar refractivity (Wildman–Crippen MR) is 101 cm³/mol. The average Bonchev–Trinajstić information content (AvgIpc) is 2.61. The third kappa shape index (κ3) is 5.31. The summed E-state index contributed by atoms with van der Waals surface area (Å²) in [6.07, 6.45) is 3.09. The molecule has 0 spiro atoms. The number of aryl methyl sites for hydroxylation is 1. The number of nitrogens with one attached hydrogen (secondary N) is 2. The molecule has 2 amide bonds. The molecule has 0 unspecified atom stereocenters. The van der Waals surface area contributed by atoms with Crippen LogP contribution in [0, 0.1) is 6.92 Å². The van der Waals surface area contributed by atoms with Gasteiger partial charge in [0.05, 0.1) is 12.7 Å². The summed E-state index contributed by atoms with van der Waals surface area (Å²) in [5, 5.41) is 5.44. The molecule has 2 rings (SSSR count). The quantitative estimate of drug-likeness (QED) is 0.638. The van der Waals surface area contributed by atoms with Crippen LogP contribution in [0.3, 0.4) is 0 Å². The fourth-order valence-corrected chi connectivity index (χ4v) is 2.28. The highest BCUT2D eigenvalue weighted by Crippen LogP contribution is 2.17. The lowest BCUT2D eigenvalue weighted by molar-refractivity contribution is -0.114. The first kappa shape index (κ1) is 18.9. The van der Waals surface area contributed by atoms with Gasteiger partial charge in [-0.3, -0.25) is 9.59 Å². The number of rotatable bonds is 5. The molecule has 0 aliphatic heterocycles. The molecule has 0 heterocycles. The molecule has 2 N–H and O–H groups in total. The van der Waals surface area contributed by atoms with E-state index in [0.29, 0.717) is 16.9 Å². The fraction of sp³-hybridized carbons (Fsp3) is 0.150. The number of methoxy groups -OCH3 is 1. The maximum atomic E-state index is 12.1. The first-order valence-corrected chi connectivity index (χ1v) is 7.94. The Hall–Kier alpha value is -3.41. The van der Waals surface area contributed by atoms with Crippen LogP contribution < -0.4 is 10.6 Å². The maximum absolute atomic E-state index is 12.1. The largest absolute Gasteiger partial charge is 0.465 e. The van der Waals surface area contributed by atoms with Crippen molar-refractivity contribution in [3.05, 3.63) is 65.2 Å². The van der Waals surface area contributed by atoms with Gasteiger partial charge in [-0.05, 0) is 54.5 Å². The van der Waals surface area contributed by atoms with Crippen LogP contribution in [0.4, 0.5) is 11.4 Å². The molecule has 0 saturated carbocycles. The number of anilines is 2. The molecule has 0 aromatic heterocycles. The number of hydrogen-bond acceptors (Lipinski definition) is 4. The van der Waals surface area contributed by atoms with Crippen molar-refractivity contribution in [1.82, 2.24) is 0 Å². The second kappa shape index (κ2) is 8.62. The summed E-state index contributed by atoms with van der Waals surface area (Å²) in [5.41, 5.74) is 3.33.